The van der Waals surface area contributed by atoms with Gasteiger partial charge in [-0.15, -0.1) is 0 Å². The number of rotatable bonds is 3. The van der Waals surface area contributed by atoms with E-state index in [9.17, 15) is 4.79 Å². The minimum absolute atomic E-state index is 0.0382. The van der Waals surface area contributed by atoms with Crippen LogP contribution in [0.25, 0.3) is 11.0 Å². The molecule has 24 heavy (non-hydrogen) atoms. The number of nitrogens with zero attached hydrogens (tertiary/aromatic N) is 2. The molecular formula is C19H19N3O2. The Hall–Kier alpha value is -2.40. The van der Waals surface area contributed by atoms with Crippen LogP contribution in [0, 0.1) is 0 Å². The van der Waals surface area contributed by atoms with Crippen LogP contribution in [0.15, 0.2) is 39.5 Å². The SMILES string of the molecule is O=c1[nH]c(C2CC2)nc2c1CN(Cc1cc3ccccc3o1)CC2. The summed E-state index contributed by atoms with van der Waals surface area (Å²) < 4.78 is 5.90. The lowest BCUT2D eigenvalue weighted by Crippen LogP contribution is -2.35. The first-order valence-corrected chi connectivity index (χ1v) is 8.58. The molecule has 5 nitrogen and oxygen atoms in total. The molecule has 2 aromatic heterocycles. The van der Waals surface area contributed by atoms with Crippen LogP contribution in [0.1, 0.15) is 41.6 Å². The number of hydrogen-bond donors (Lipinski definition) is 1. The number of fused-ring (bicyclic) bond motifs is 2. The van der Waals surface area contributed by atoms with Gasteiger partial charge in [0.25, 0.3) is 5.56 Å². The lowest BCUT2D eigenvalue weighted by molar-refractivity contribution is 0.224. The van der Waals surface area contributed by atoms with E-state index in [1.807, 2.05) is 18.2 Å². The van der Waals surface area contributed by atoms with Gasteiger partial charge in [0.2, 0.25) is 0 Å². The van der Waals surface area contributed by atoms with Crippen molar-refractivity contribution in [3.8, 4) is 0 Å². The number of aromatic amines is 1. The number of hydrogen-bond acceptors (Lipinski definition) is 4. The molecule has 0 saturated heterocycles. The summed E-state index contributed by atoms with van der Waals surface area (Å²) >= 11 is 0. The van der Waals surface area contributed by atoms with Gasteiger partial charge in [-0.2, -0.15) is 0 Å². The highest BCUT2D eigenvalue weighted by Gasteiger charge is 2.29. The van der Waals surface area contributed by atoms with Gasteiger partial charge in [-0.1, -0.05) is 18.2 Å². The fourth-order valence-electron chi connectivity index (χ4n) is 3.52. The van der Waals surface area contributed by atoms with Gasteiger partial charge in [-0.25, -0.2) is 4.98 Å². The molecule has 122 valence electrons. The first-order chi connectivity index (χ1) is 11.8. The van der Waals surface area contributed by atoms with Gasteiger partial charge in [0.05, 0.1) is 17.8 Å². The van der Waals surface area contributed by atoms with E-state index in [-0.39, 0.29) is 5.56 Å². The maximum Gasteiger partial charge on any atom is 0.255 e. The fourth-order valence-corrected chi connectivity index (χ4v) is 3.52. The van der Waals surface area contributed by atoms with Crippen LogP contribution in [0.3, 0.4) is 0 Å². The Kier molecular flexibility index (Phi) is 3.10. The lowest BCUT2D eigenvalue weighted by Gasteiger charge is -2.26. The Morgan fingerprint density at radius 3 is 3.00 bits per heavy atom. The van der Waals surface area contributed by atoms with Crippen molar-refractivity contribution in [2.75, 3.05) is 6.54 Å². The van der Waals surface area contributed by atoms with Gasteiger partial charge >= 0.3 is 0 Å². The molecule has 2 aliphatic rings. The molecule has 5 heteroatoms. The first kappa shape index (κ1) is 14.0. The van der Waals surface area contributed by atoms with Crippen molar-refractivity contribution < 1.29 is 4.42 Å². The zero-order chi connectivity index (χ0) is 16.1. The molecule has 5 rings (SSSR count). The molecule has 3 aromatic rings. The van der Waals surface area contributed by atoms with E-state index in [0.29, 0.717) is 12.5 Å². The molecule has 3 heterocycles. The van der Waals surface area contributed by atoms with E-state index in [1.54, 1.807) is 0 Å². The van der Waals surface area contributed by atoms with Gasteiger partial charge in [0.15, 0.2) is 0 Å². The van der Waals surface area contributed by atoms with Crippen molar-refractivity contribution in [1.82, 2.24) is 14.9 Å². The van der Waals surface area contributed by atoms with Gasteiger partial charge in [0, 0.05) is 30.8 Å². The minimum atomic E-state index is 0.0382. The van der Waals surface area contributed by atoms with Crippen molar-refractivity contribution in [2.24, 2.45) is 0 Å². The normalized spacial score (nSPS) is 18.0. The molecule has 1 aliphatic heterocycles. The summed E-state index contributed by atoms with van der Waals surface area (Å²) in [6.07, 6.45) is 3.14. The van der Waals surface area contributed by atoms with Crippen LogP contribution in [0.4, 0.5) is 0 Å². The summed E-state index contributed by atoms with van der Waals surface area (Å²) in [4.78, 5) is 22.4. The van der Waals surface area contributed by atoms with Gasteiger partial charge in [-0.05, 0) is 25.0 Å². The summed E-state index contributed by atoms with van der Waals surface area (Å²) in [5, 5.41) is 1.12. The molecular weight excluding hydrogens is 302 g/mol. The van der Waals surface area contributed by atoms with Gasteiger partial charge < -0.3 is 9.40 Å². The summed E-state index contributed by atoms with van der Waals surface area (Å²) in [5.41, 5.74) is 2.76. The predicted octanol–water partition coefficient (Wildman–Crippen LogP) is 2.95. The predicted molar refractivity (Wildman–Crippen MR) is 90.9 cm³/mol. The Bertz CT molecular complexity index is 935. The van der Waals surface area contributed by atoms with Crippen molar-refractivity contribution >= 4 is 11.0 Å². The third-order valence-corrected chi connectivity index (χ3v) is 4.99. The van der Waals surface area contributed by atoms with E-state index >= 15 is 0 Å². The van der Waals surface area contributed by atoms with Crippen LogP contribution in [-0.4, -0.2) is 21.4 Å². The largest absolute Gasteiger partial charge is 0.460 e. The average molecular weight is 321 g/mol. The average Bonchev–Trinajstić information content (AvgIpc) is 3.35. The second-order valence-corrected chi connectivity index (χ2v) is 6.86. The highest BCUT2D eigenvalue weighted by atomic mass is 16.3. The Morgan fingerprint density at radius 1 is 1.29 bits per heavy atom. The summed E-state index contributed by atoms with van der Waals surface area (Å²) in [5.74, 6) is 2.32. The standard InChI is InChI=1S/C19H19N3O2/c23-19-15-11-22(8-7-16(15)20-18(21-19)12-5-6-12)10-14-9-13-3-1-2-4-17(13)24-14/h1-4,9,12H,5-8,10-11H2,(H,20,21,23). The monoisotopic (exact) mass is 321 g/mol. The van der Waals surface area contributed by atoms with E-state index in [1.165, 1.54) is 0 Å². The molecule has 0 unspecified atom stereocenters. The van der Waals surface area contributed by atoms with Crippen LogP contribution >= 0.6 is 0 Å². The van der Waals surface area contributed by atoms with Gasteiger partial charge in [-0.3, -0.25) is 9.69 Å². The van der Waals surface area contributed by atoms with Gasteiger partial charge in [0.1, 0.15) is 17.2 Å². The van der Waals surface area contributed by atoms with E-state index < -0.39 is 0 Å². The molecule has 0 bridgehead atoms. The molecule has 0 amide bonds. The highest BCUT2D eigenvalue weighted by Crippen LogP contribution is 2.37. The summed E-state index contributed by atoms with van der Waals surface area (Å²) in [7, 11) is 0. The third-order valence-electron chi connectivity index (χ3n) is 4.99. The quantitative estimate of drug-likeness (QED) is 0.805. The van der Waals surface area contributed by atoms with Crippen molar-refractivity contribution in [2.45, 2.75) is 38.3 Å². The molecule has 0 atom stereocenters. The number of nitrogens with one attached hydrogen (secondary N) is 1. The summed E-state index contributed by atoms with van der Waals surface area (Å²) in [6, 6.07) is 10.1. The third kappa shape index (κ3) is 2.45. The molecule has 1 fully saturated rings. The molecule has 1 saturated carbocycles. The van der Waals surface area contributed by atoms with E-state index in [2.05, 4.69) is 22.0 Å². The number of benzene rings is 1. The molecule has 1 aromatic carbocycles. The van der Waals surface area contributed by atoms with Crippen LogP contribution in [0.5, 0.6) is 0 Å². The Morgan fingerprint density at radius 2 is 2.17 bits per heavy atom. The minimum Gasteiger partial charge on any atom is -0.460 e. The second-order valence-electron chi connectivity index (χ2n) is 6.86. The van der Waals surface area contributed by atoms with Crippen LogP contribution in [0.2, 0.25) is 0 Å². The number of aromatic nitrogens is 2. The number of H-pyrrole nitrogens is 1. The topological polar surface area (TPSA) is 62.1 Å². The maximum atomic E-state index is 12.4. The molecule has 0 radical (unpaired) electrons. The fraction of sp³-hybridized carbons (Fsp3) is 0.368. The number of para-hydroxylation sites is 1. The molecule has 1 aliphatic carbocycles. The molecule has 1 N–H and O–H groups in total. The van der Waals surface area contributed by atoms with Crippen molar-refractivity contribution in [1.29, 1.82) is 0 Å². The Balaban J connectivity index is 1.39. The van der Waals surface area contributed by atoms with Crippen LogP contribution in [-0.2, 0) is 19.5 Å². The lowest BCUT2D eigenvalue weighted by atomic mass is 10.1. The Labute approximate surface area is 139 Å². The van der Waals surface area contributed by atoms with E-state index in [4.69, 9.17) is 9.40 Å². The maximum absolute atomic E-state index is 12.4. The molecule has 0 spiro atoms. The zero-order valence-corrected chi connectivity index (χ0v) is 13.4. The zero-order valence-electron chi connectivity index (χ0n) is 13.4. The van der Waals surface area contributed by atoms with Crippen LogP contribution < -0.4 is 5.56 Å². The van der Waals surface area contributed by atoms with Crippen molar-refractivity contribution in [3.63, 3.8) is 0 Å². The second kappa shape index (κ2) is 5.31. The highest BCUT2D eigenvalue weighted by molar-refractivity contribution is 5.77. The smallest absolute Gasteiger partial charge is 0.255 e. The summed E-state index contributed by atoms with van der Waals surface area (Å²) in [6.45, 7) is 2.27. The van der Waals surface area contributed by atoms with E-state index in [0.717, 1.165) is 66.2 Å². The van der Waals surface area contributed by atoms with Crippen molar-refractivity contribution in [3.05, 3.63) is 63.5 Å². The number of furan rings is 1. The first-order valence-electron chi connectivity index (χ1n) is 8.58.